The molecule has 0 saturated carbocycles. The van der Waals surface area contributed by atoms with Crippen molar-refractivity contribution in [2.24, 2.45) is 0 Å². The number of hydrogen-bond donors (Lipinski definition) is 2. The van der Waals surface area contributed by atoms with Gasteiger partial charge >= 0.3 is 0 Å². The number of anilines is 2. The third kappa shape index (κ3) is 3.83. The summed E-state index contributed by atoms with van der Waals surface area (Å²) in [5.74, 6) is -0.0503. The van der Waals surface area contributed by atoms with Gasteiger partial charge in [0.2, 0.25) is 5.91 Å². The molecule has 0 bridgehead atoms. The Morgan fingerprint density at radius 2 is 1.89 bits per heavy atom. The molecular formula is C15H18N2OS. The number of nitrogens with one attached hydrogen (secondary N) is 2. The summed E-state index contributed by atoms with van der Waals surface area (Å²) in [7, 11) is 0. The van der Waals surface area contributed by atoms with E-state index in [9.17, 15) is 4.79 Å². The van der Waals surface area contributed by atoms with Gasteiger partial charge in [0.25, 0.3) is 0 Å². The van der Waals surface area contributed by atoms with E-state index in [4.69, 9.17) is 0 Å². The first-order chi connectivity index (χ1) is 9.19. The van der Waals surface area contributed by atoms with Crippen molar-refractivity contribution in [1.82, 2.24) is 0 Å². The van der Waals surface area contributed by atoms with E-state index in [1.54, 1.807) is 11.3 Å². The highest BCUT2D eigenvalue weighted by Crippen LogP contribution is 2.26. The minimum absolute atomic E-state index is 0.0503. The number of thiophene rings is 1. The third-order valence-electron chi connectivity index (χ3n) is 2.84. The Morgan fingerprint density at radius 1 is 1.21 bits per heavy atom. The van der Waals surface area contributed by atoms with Crippen molar-refractivity contribution in [1.29, 1.82) is 0 Å². The molecule has 19 heavy (non-hydrogen) atoms. The van der Waals surface area contributed by atoms with Crippen molar-refractivity contribution >= 4 is 28.6 Å². The van der Waals surface area contributed by atoms with E-state index in [1.165, 1.54) is 11.8 Å². The van der Waals surface area contributed by atoms with E-state index in [0.29, 0.717) is 6.04 Å². The summed E-state index contributed by atoms with van der Waals surface area (Å²) in [5.41, 5.74) is 1.89. The van der Waals surface area contributed by atoms with Gasteiger partial charge < -0.3 is 10.6 Å². The Kier molecular flexibility index (Phi) is 4.58. The van der Waals surface area contributed by atoms with E-state index in [-0.39, 0.29) is 5.91 Å². The molecule has 1 heterocycles. The molecule has 1 aromatic heterocycles. The Morgan fingerprint density at radius 3 is 2.42 bits per heavy atom. The van der Waals surface area contributed by atoms with Crippen molar-refractivity contribution < 1.29 is 4.79 Å². The quantitative estimate of drug-likeness (QED) is 0.855. The van der Waals surface area contributed by atoms with Crippen LogP contribution in [-0.4, -0.2) is 5.91 Å². The lowest BCUT2D eigenvalue weighted by Gasteiger charge is -2.17. The minimum atomic E-state index is -0.0503. The van der Waals surface area contributed by atoms with Crippen molar-refractivity contribution in [2.75, 3.05) is 10.6 Å². The van der Waals surface area contributed by atoms with Crippen LogP contribution in [0.1, 0.15) is 31.2 Å². The molecule has 1 aromatic carbocycles. The average Bonchev–Trinajstić information content (AvgIpc) is 2.91. The maximum Gasteiger partial charge on any atom is 0.221 e. The van der Waals surface area contributed by atoms with Crippen LogP contribution in [0.4, 0.5) is 11.4 Å². The normalized spacial score (nSPS) is 11.9. The predicted molar refractivity (Wildman–Crippen MR) is 81.7 cm³/mol. The first-order valence-electron chi connectivity index (χ1n) is 6.36. The Balaban J connectivity index is 2.04. The zero-order valence-electron chi connectivity index (χ0n) is 11.1. The molecule has 2 rings (SSSR count). The molecule has 0 aliphatic heterocycles. The van der Waals surface area contributed by atoms with Gasteiger partial charge in [0.1, 0.15) is 0 Å². The lowest BCUT2D eigenvalue weighted by molar-refractivity contribution is -0.114. The number of amides is 1. The second-order valence-corrected chi connectivity index (χ2v) is 5.36. The Labute approximate surface area is 117 Å². The van der Waals surface area contributed by atoms with Gasteiger partial charge in [-0.2, -0.15) is 0 Å². The molecule has 100 valence electrons. The molecule has 2 N–H and O–H groups in total. The van der Waals surface area contributed by atoms with Crippen LogP contribution in [0.15, 0.2) is 41.8 Å². The molecule has 0 saturated heterocycles. The van der Waals surface area contributed by atoms with Crippen LogP contribution in [0.3, 0.4) is 0 Å². The number of carbonyl (C=O) groups is 1. The smallest absolute Gasteiger partial charge is 0.221 e. The Bertz CT molecular complexity index is 520. The number of rotatable bonds is 5. The van der Waals surface area contributed by atoms with Crippen LogP contribution in [0.5, 0.6) is 0 Å². The van der Waals surface area contributed by atoms with Gasteiger partial charge in [-0.15, -0.1) is 11.3 Å². The summed E-state index contributed by atoms with van der Waals surface area (Å²) in [5, 5.41) is 8.37. The van der Waals surface area contributed by atoms with Crippen LogP contribution in [-0.2, 0) is 4.79 Å². The highest BCUT2D eigenvalue weighted by atomic mass is 32.1. The zero-order valence-corrected chi connectivity index (χ0v) is 12.0. The number of carbonyl (C=O) groups excluding carboxylic acids is 1. The highest BCUT2D eigenvalue weighted by Gasteiger charge is 2.09. The third-order valence-corrected chi connectivity index (χ3v) is 3.83. The fourth-order valence-electron chi connectivity index (χ4n) is 1.92. The summed E-state index contributed by atoms with van der Waals surface area (Å²) in [6, 6.07) is 12.4. The maximum atomic E-state index is 11.0. The van der Waals surface area contributed by atoms with Gasteiger partial charge in [0.05, 0.1) is 6.04 Å². The molecule has 0 spiro atoms. The van der Waals surface area contributed by atoms with Crippen molar-refractivity contribution in [3.63, 3.8) is 0 Å². The molecule has 1 unspecified atom stereocenters. The van der Waals surface area contributed by atoms with Crippen LogP contribution in [0, 0.1) is 0 Å². The summed E-state index contributed by atoms with van der Waals surface area (Å²) in [6.07, 6.45) is 1.04. The minimum Gasteiger partial charge on any atom is -0.377 e. The molecule has 0 aliphatic carbocycles. The fourth-order valence-corrected chi connectivity index (χ4v) is 2.78. The molecule has 1 amide bonds. The molecule has 3 nitrogen and oxygen atoms in total. The number of benzene rings is 1. The lowest BCUT2D eigenvalue weighted by atomic mass is 10.1. The maximum absolute atomic E-state index is 11.0. The standard InChI is InChI=1S/C15H18N2OS/c1-3-14(15-5-4-10-19-15)17-13-8-6-12(7-9-13)16-11(2)18/h4-10,14,17H,3H2,1-2H3,(H,16,18). The topological polar surface area (TPSA) is 41.1 Å². The van der Waals surface area contributed by atoms with Gasteiger partial charge in [-0.3, -0.25) is 4.79 Å². The van der Waals surface area contributed by atoms with E-state index in [1.807, 2.05) is 24.3 Å². The second-order valence-electron chi connectivity index (χ2n) is 4.38. The highest BCUT2D eigenvalue weighted by molar-refractivity contribution is 7.10. The molecule has 0 radical (unpaired) electrons. The average molecular weight is 274 g/mol. The number of hydrogen-bond acceptors (Lipinski definition) is 3. The molecule has 0 fully saturated rings. The van der Waals surface area contributed by atoms with Gasteiger partial charge in [0.15, 0.2) is 0 Å². The lowest BCUT2D eigenvalue weighted by Crippen LogP contribution is -2.08. The Hall–Kier alpha value is -1.81. The van der Waals surface area contributed by atoms with Crippen molar-refractivity contribution in [2.45, 2.75) is 26.3 Å². The van der Waals surface area contributed by atoms with Gasteiger partial charge in [-0.1, -0.05) is 13.0 Å². The van der Waals surface area contributed by atoms with Crippen LogP contribution < -0.4 is 10.6 Å². The van der Waals surface area contributed by atoms with Gasteiger partial charge in [0, 0.05) is 23.2 Å². The van der Waals surface area contributed by atoms with Crippen molar-refractivity contribution in [3.05, 3.63) is 46.7 Å². The van der Waals surface area contributed by atoms with Gasteiger partial charge in [-0.05, 0) is 42.1 Å². The molecule has 0 aliphatic rings. The summed E-state index contributed by atoms with van der Waals surface area (Å²) < 4.78 is 0. The predicted octanol–water partition coefficient (Wildman–Crippen LogP) is 4.27. The molecule has 4 heteroatoms. The van der Waals surface area contributed by atoms with Gasteiger partial charge in [-0.25, -0.2) is 0 Å². The van der Waals surface area contributed by atoms with E-state index < -0.39 is 0 Å². The molecular weight excluding hydrogens is 256 g/mol. The van der Waals surface area contributed by atoms with E-state index >= 15 is 0 Å². The summed E-state index contributed by atoms with van der Waals surface area (Å²) in [6.45, 7) is 3.68. The SMILES string of the molecule is CCC(Nc1ccc(NC(C)=O)cc1)c1cccs1. The molecule has 2 aromatic rings. The summed E-state index contributed by atoms with van der Waals surface area (Å²) in [4.78, 5) is 12.3. The second kappa shape index (κ2) is 6.38. The zero-order chi connectivity index (χ0) is 13.7. The summed E-state index contributed by atoms with van der Waals surface area (Å²) >= 11 is 1.77. The molecule has 1 atom stereocenters. The van der Waals surface area contributed by atoms with Crippen LogP contribution >= 0.6 is 11.3 Å². The van der Waals surface area contributed by atoms with Crippen LogP contribution in [0.2, 0.25) is 0 Å². The van der Waals surface area contributed by atoms with Crippen molar-refractivity contribution in [3.8, 4) is 0 Å². The monoisotopic (exact) mass is 274 g/mol. The fraction of sp³-hybridized carbons (Fsp3) is 0.267. The first kappa shape index (κ1) is 13.6. The largest absolute Gasteiger partial charge is 0.377 e. The first-order valence-corrected chi connectivity index (χ1v) is 7.24. The van der Waals surface area contributed by atoms with E-state index in [2.05, 4.69) is 35.1 Å². The van der Waals surface area contributed by atoms with Crippen LogP contribution in [0.25, 0.3) is 0 Å². The van der Waals surface area contributed by atoms with E-state index in [0.717, 1.165) is 17.8 Å².